The van der Waals surface area contributed by atoms with E-state index in [0.29, 0.717) is 6.42 Å². The highest BCUT2D eigenvalue weighted by Crippen LogP contribution is 2.31. The fourth-order valence-electron chi connectivity index (χ4n) is 2.81. The first-order valence-corrected chi connectivity index (χ1v) is 9.16. The average molecular weight is 391 g/mol. The van der Waals surface area contributed by atoms with Crippen LogP contribution in [0.1, 0.15) is 23.4 Å². The van der Waals surface area contributed by atoms with Gasteiger partial charge in [-0.3, -0.25) is 0 Å². The van der Waals surface area contributed by atoms with Gasteiger partial charge in [0.05, 0.1) is 12.1 Å². The van der Waals surface area contributed by atoms with E-state index < -0.39 is 27.9 Å². The molecule has 1 fully saturated rings. The van der Waals surface area contributed by atoms with Crippen LogP contribution in [0, 0.1) is 13.8 Å². The van der Waals surface area contributed by atoms with E-state index in [-0.39, 0.29) is 35.3 Å². The van der Waals surface area contributed by atoms with Gasteiger partial charge in [0.25, 0.3) is 0 Å². The Morgan fingerprint density at radius 2 is 2.08 bits per heavy atom. The lowest BCUT2D eigenvalue weighted by Crippen LogP contribution is -2.31. The van der Waals surface area contributed by atoms with Crippen molar-refractivity contribution in [3.8, 4) is 5.88 Å². The van der Waals surface area contributed by atoms with Gasteiger partial charge in [0, 0.05) is 18.8 Å². The number of alkyl halides is 3. The molecule has 0 aromatic carbocycles. The molecule has 0 radical (unpaired) electrons. The minimum atomic E-state index is -4.50. The molecule has 0 bridgehead atoms. The summed E-state index contributed by atoms with van der Waals surface area (Å²) in [5.41, 5.74) is -0.618. The van der Waals surface area contributed by atoms with Crippen molar-refractivity contribution in [2.24, 2.45) is 0 Å². The number of ether oxygens (including phenoxy) is 1. The molecule has 0 spiro atoms. The number of pyridine rings is 1. The SMILES string of the molecule is Cc1noc(C)c1S(=O)(=O)N1CCC(Oc2cc(C(F)(F)F)ccn2)C1. The topological polar surface area (TPSA) is 85.5 Å². The highest BCUT2D eigenvalue weighted by molar-refractivity contribution is 7.89. The van der Waals surface area contributed by atoms with Crippen molar-refractivity contribution in [1.82, 2.24) is 14.4 Å². The molecule has 3 heterocycles. The zero-order valence-electron chi connectivity index (χ0n) is 13.9. The van der Waals surface area contributed by atoms with E-state index in [9.17, 15) is 21.6 Å². The summed E-state index contributed by atoms with van der Waals surface area (Å²) >= 11 is 0. The molecule has 2 aromatic heterocycles. The summed E-state index contributed by atoms with van der Waals surface area (Å²) in [6.45, 7) is 3.21. The van der Waals surface area contributed by atoms with Gasteiger partial charge in [-0.1, -0.05) is 5.16 Å². The maximum Gasteiger partial charge on any atom is 0.416 e. The highest BCUT2D eigenvalue weighted by Gasteiger charge is 2.37. The lowest BCUT2D eigenvalue weighted by molar-refractivity contribution is -0.137. The molecule has 3 rings (SSSR count). The van der Waals surface area contributed by atoms with E-state index in [2.05, 4.69) is 10.1 Å². The van der Waals surface area contributed by atoms with Crippen LogP contribution in [0.2, 0.25) is 0 Å². The van der Waals surface area contributed by atoms with Crippen molar-refractivity contribution in [3.63, 3.8) is 0 Å². The Labute approximate surface area is 147 Å². The molecule has 11 heteroatoms. The molecule has 1 unspecified atom stereocenters. The van der Waals surface area contributed by atoms with Crippen LogP contribution >= 0.6 is 0 Å². The molecule has 2 aromatic rings. The van der Waals surface area contributed by atoms with Gasteiger partial charge >= 0.3 is 6.18 Å². The molecular formula is C15H16F3N3O4S. The summed E-state index contributed by atoms with van der Waals surface area (Å²) in [5, 5.41) is 3.64. The number of halogens is 3. The first kappa shape index (κ1) is 18.6. The predicted molar refractivity (Wildman–Crippen MR) is 83.0 cm³/mol. The number of rotatable bonds is 4. The molecule has 0 aliphatic carbocycles. The van der Waals surface area contributed by atoms with Crippen LogP contribution in [0.15, 0.2) is 27.7 Å². The quantitative estimate of drug-likeness (QED) is 0.796. The largest absolute Gasteiger partial charge is 0.473 e. The number of hydrogen-bond acceptors (Lipinski definition) is 6. The highest BCUT2D eigenvalue weighted by atomic mass is 32.2. The maximum absolute atomic E-state index is 12.7. The molecule has 1 aliphatic rings. The summed E-state index contributed by atoms with van der Waals surface area (Å²) in [7, 11) is -3.82. The van der Waals surface area contributed by atoms with E-state index in [1.54, 1.807) is 0 Å². The first-order valence-electron chi connectivity index (χ1n) is 7.72. The summed E-state index contributed by atoms with van der Waals surface area (Å²) in [6, 6.07) is 1.64. The molecule has 1 atom stereocenters. The van der Waals surface area contributed by atoms with Crippen LogP contribution in [0.5, 0.6) is 5.88 Å². The van der Waals surface area contributed by atoms with Gasteiger partial charge in [-0.05, 0) is 26.3 Å². The van der Waals surface area contributed by atoms with Crippen LogP contribution in [-0.2, 0) is 16.2 Å². The Morgan fingerprint density at radius 1 is 1.35 bits per heavy atom. The summed E-state index contributed by atoms with van der Waals surface area (Å²) < 4.78 is 75.3. The second kappa shape index (κ2) is 6.54. The fourth-order valence-corrected chi connectivity index (χ4v) is 4.58. The van der Waals surface area contributed by atoms with Crippen molar-refractivity contribution in [1.29, 1.82) is 0 Å². The van der Waals surface area contributed by atoms with E-state index in [0.717, 1.165) is 18.3 Å². The Morgan fingerprint density at radius 3 is 2.69 bits per heavy atom. The van der Waals surface area contributed by atoms with Gasteiger partial charge in [0.15, 0.2) is 5.76 Å². The second-order valence-electron chi connectivity index (χ2n) is 5.93. The Kier molecular flexibility index (Phi) is 4.69. The number of aryl methyl sites for hydroxylation is 2. The van der Waals surface area contributed by atoms with Crippen molar-refractivity contribution in [2.75, 3.05) is 13.1 Å². The average Bonchev–Trinajstić information content (AvgIpc) is 3.14. The minimum absolute atomic E-state index is 0.00428. The third-order valence-corrected chi connectivity index (χ3v) is 6.13. The van der Waals surface area contributed by atoms with E-state index in [1.165, 1.54) is 18.2 Å². The standard InChI is InChI=1S/C15H16F3N3O4S/c1-9-14(10(2)25-20-9)26(22,23)21-6-4-12(8-21)24-13-7-11(3-5-19-13)15(16,17)18/h3,5,7,12H,4,6,8H2,1-2H3. The van der Waals surface area contributed by atoms with Crippen LogP contribution in [-0.4, -0.2) is 42.1 Å². The monoisotopic (exact) mass is 391 g/mol. The van der Waals surface area contributed by atoms with Crippen molar-refractivity contribution >= 4 is 10.0 Å². The molecule has 0 N–H and O–H groups in total. The van der Waals surface area contributed by atoms with Gasteiger partial charge in [-0.15, -0.1) is 0 Å². The zero-order valence-corrected chi connectivity index (χ0v) is 14.8. The smallest absolute Gasteiger partial charge is 0.416 e. The Bertz CT molecular complexity index is 892. The zero-order chi connectivity index (χ0) is 19.1. The first-order chi connectivity index (χ1) is 12.1. The second-order valence-corrected chi connectivity index (χ2v) is 7.80. The van der Waals surface area contributed by atoms with Crippen molar-refractivity contribution in [2.45, 2.75) is 37.4 Å². The molecule has 0 saturated carbocycles. The van der Waals surface area contributed by atoms with Gasteiger partial charge in [-0.25, -0.2) is 13.4 Å². The maximum atomic E-state index is 12.7. The van der Waals surface area contributed by atoms with Gasteiger partial charge in [0.1, 0.15) is 16.7 Å². The van der Waals surface area contributed by atoms with E-state index in [4.69, 9.17) is 9.26 Å². The van der Waals surface area contributed by atoms with Gasteiger partial charge < -0.3 is 9.26 Å². The fraction of sp³-hybridized carbons (Fsp3) is 0.467. The predicted octanol–water partition coefficient (Wildman–Crippen LogP) is 2.55. The lowest BCUT2D eigenvalue weighted by atomic mass is 10.2. The summed E-state index contributed by atoms with van der Waals surface area (Å²) in [4.78, 5) is 3.78. The molecule has 1 saturated heterocycles. The number of sulfonamides is 1. The lowest BCUT2D eigenvalue weighted by Gasteiger charge is -2.17. The van der Waals surface area contributed by atoms with Crippen LogP contribution in [0.4, 0.5) is 13.2 Å². The third-order valence-electron chi connectivity index (χ3n) is 4.02. The number of hydrogen-bond donors (Lipinski definition) is 0. The Balaban J connectivity index is 1.74. The summed E-state index contributed by atoms with van der Waals surface area (Å²) in [6.07, 6.45) is -3.76. The number of aromatic nitrogens is 2. The van der Waals surface area contributed by atoms with Gasteiger partial charge in [0.2, 0.25) is 15.9 Å². The molecule has 0 amide bonds. The van der Waals surface area contributed by atoms with E-state index in [1.807, 2.05) is 0 Å². The molecule has 1 aliphatic heterocycles. The molecular weight excluding hydrogens is 375 g/mol. The van der Waals surface area contributed by atoms with Crippen LogP contribution in [0.25, 0.3) is 0 Å². The normalized spacial score (nSPS) is 19.0. The van der Waals surface area contributed by atoms with Gasteiger partial charge in [-0.2, -0.15) is 17.5 Å². The van der Waals surface area contributed by atoms with Crippen LogP contribution < -0.4 is 4.74 Å². The Hall–Kier alpha value is -2.14. The molecule has 142 valence electrons. The molecule has 7 nitrogen and oxygen atoms in total. The third kappa shape index (κ3) is 3.54. The van der Waals surface area contributed by atoms with E-state index >= 15 is 0 Å². The molecule has 26 heavy (non-hydrogen) atoms. The van der Waals surface area contributed by atoms with Crippen molar-refractivity contribution < 1.29 is 30.8 Å². The van der Waals surface area contributed by atoms with Crippen molar-refractivity contribution in [3.05, 3.63) is 35.3 Å². The number of nitrogens with zero attached hydrogens (tertiary/aromatic N) is 3. The minimum Gasteiger partial charge on any atom is -0.473 e. The summed E-state index contributed by atoms with van der Waals surface area (Å²) in [5.74, 6) is -0.00664. The van der Waals surface area contributed by atoms with Crippen LogP contribution in [0.3, 0.4) is 0 Å².